The molecule has 7 saturated carbocycles. The van der Waals surface area contributed by atoms with E-state index in [9.17, 15) is 19.5 Å². The molecule has 1 N–H and O–H groups in total. The first kappa shape index (κ1) is 37.3. The SMILES string of the molecule is COC1CCN(C(=O)[C@]23CC[C@@H](C4(C)CC4)[C@@H]2[C@H]2CC[C@@H]4[C@@]5(C)CC[C@H](OC(=O)[C@H]6C[C@@H](C(=O)O)C6(C)C)C(C)(C)[C@@H]5CC[C@@]4(C)[C@]2(C)CC3)CC1. The molecule has 7 nitrogen and oxygen atoms in total. The van der Waals surface area contributed by atoms with Crippen molar-refractivity contribution in [2.24, 2.45) is 79.3 Å². The number of carboxylic acids is 1. The van der Waals surface area contributed by atoms with E-state index in [2.05, 4.69) is 46.4 Å². The molecule has 8 fully saturated rings. The van der Waals surface area contributed by atoms with Crippen molar-refractivity contribution < 1.29 is 29.0 Å². The molecule has 52 heavy (non-hydrogen) atoms. The first-order valence-corrected chi connectivity index (χ1v) is 21.6. The number of carbonyl (C=O) groups is 3. The summed E-state index contributed by atoms with van der Waals surface area (Å²) in [5.41, 5.74) is 0.0988. The maximum atomic E-state index is 15.0. The van der Waals surface area contributed by atoms with E-state index >= 15 is 0 Å². The molecule has 0 aromatic heterocycles. The summed E-state index contributed by atoms with van der Waals surface area (Å²) >= 11 is 0. The number of nitrogens with zero attached hydrogens (tertiary/aromatic N) is 1. The van der Waals surface area contributed by atoms with E-state index in [4.69, 9.17) is 9.47 Å². The van der Waals surface area contributed by atoms with Crippen LogP contribution >= 0.6 is 0 Å². The van der Waals surface area contributed by atoms with Crippen LogP contribution in [0.25, 0.3) is 0 Å². The fourth-order valence-corrected chi connectivity index (χ4v) is 16.1. The van der Waals surface area contributed by atoms with Crippen LogP contribution in [0.2, 0.25) is 0 Å². The van der Waals surface area contributed by atoms with Crippen LogP contribution in [-0.4, -0.2) is 60.3 Å². The average molecular weight is 722 g/mol. The van der Waals surface area contributed by atoms with Gasteiger partial charge in [-0.1, -0.05) is 55.4 Å². The van der Waals surface area contributed by atoms with Gasteiger partial charge in [-0.05, 0) is 153 Å². The van der Waals surface area contributed by atoms with E-state index < -0.39 is 17.3 Å². The van der Waals surface area contributed by atoms with Gasteiger partial charge < -0.3 is 19.5 Å². The zero-order chi connectivity index (χ0) is 37.4. The van der Waals surface area contributed by atoms with Crippen molar-refractivity contribution in [3.63, 3.8) is 0 Å². The number of carbonyl (C=O) groups excluding carboxylic acids is 2. The van der Waals surface area contributed by atoms with Gasteiger partial charge in [0.15, 0.2) is 0 Å². The third kappa shape index (κ3) is 4.93. The van der Waals surface area contributed by atoms with Gasteiger partial charge in [0, 0.05) is 25.6 Å². The van der Waals surface area contributed by atoms with Crippen LogP contribution in [0.3, 0.4) is 0 Å². The van der Waals surface area contributed by atoms with Crippen molar-refractivity contribution >= 4 is 17.8 Å². The molecule has 1 aliphatic heterocycles. The predicted molar refractivity (Wildman–Crippen MR) is 201 cm³/mol. The van der Waals surface area contributed by atoms with Crippen LogP contribution in [0.1, 0.15) is 152 Å². The van der Waals surface area contributed by atoms with E-state index in [1.807, 2.05) is 21.0 Å². The minimum Gasteiger partial charge on any atom is -0.481 e. The first-order valence-electron chi connectivity index (χ1n) is 21.6. The predicted octanol–water partition coefficient (Wildman–Crippen LogP) is 9.16. The zero-order valence-corrected chi connectivity index (χ0v) is 34.2. The maximum Gasteiger partial charge on any atom is 0.309 e. The van der Waals surface area contributed by atoms with Crippen molar-refractivity contribution in [3.05, 3.63) is 0 Å². The molecule has 1 amide bonds. The molecule has 0 aromatic carbocycles. The number of esters is 1. The Balaban J connectivity index is 1.05. The number of aliphatic carboxylic acids is 1. The van der Waals surface area contributed by atoms with Gasteiger partial charge in [0.25, 0.3) is 0 Å². The summed E-state index contributed by atoms with van der Waals surface area (Å²) in [6, 6.07) is 0. The fraction of sp³-hybridized carbons (Fsp3) is 0.933. The average Bonchev–Trinajstić information content (AvgIpc) is 3.70. The molecule has 292 valence electrons. The number of carboxylic acid groups (broad SMARTS) is 1. The molecule has 1 heterocycles. The highest BCUT2D eigenvalue weighted by Crippen LogP contribution is 2.79. The highest BCUT2D eigenvalue weighted by atomic mass is 16.5. The number of ether oxygens (including phenoxy) is 2. The Bertz CT molecular complexity index is 1480. The lowest BCUT2D eigenvalue weighted by molar-refractivity contribution is -0.253. The van der Waals surface area contributed by atoms with Crippen LogP contribution in [0.15, 0.2) is 0 Å². The van der Waals surface area contributed by atoms with Crippen molar-refractivity contribution in [2.75, 3.05) is 20.2 Å². The van der Waals surface area contributed by atoms with Crippen molar-refractivity contribution in [1.82, 2.24) is 4.90 Å². The summed E-state index contributed by atoms with van der Waals surface area (Å²) in [5.74, 6) is 1.53. The topological polar surface area (TPSA) is 93.1 Å². The van der Waals surface area contributed by atoms with Crippen molar-refractivity contribution in [2.45, 2.75) is 164 Å². The van der Waals surface area contributed by atoms with Gasteiger partial charge in [-0.15, -0.1) is 0 Å². The Labute approximate surface area is 314 Å². The Hall–Kier alpha value is -1.63. The molecule has 12 atom stereocenters. The third-order valence-electron chi connectivity index (χ3n) is 19.9. The van der Waals surface area contributed by atoms with Crippen LogP contribution in [0.5, 0.6) is 0 Å². The van der Waals surface area contributed by atoms with Crippen molar-refractivity contribution in [1.29, 1.82) is 0 Å². The lowest BCUT2D eigenvalue weighted by Gasteiger charge is -2.73. The standard InChI is InChI=1S/C45H71NO6/c1-39(2)30(36(47)48)26-31(39)37(49)52-34-14-17-42(6)32(40(34,3)4)13-18-44(8)33(42)11-10-29-35-28(41(5)20-21-41)12-19-45(35,23-22-43(29,44)7)38(50)46-24-15-27(51-9)16-25-46/h27-35H,10-26H2,1-9H3,(H,47,48)/t28-,29-,30+,31-,32+,33-,34+,35-,42+,43-,44-,45+/m1/s1. The lowest BCUT2D eigenvalue weighted by atomic mass is 9.32. The quantitative estimate of drug-likeness (QED) is 0.275. The summed E-state index contributed by atoms with van der Waals surface area (Å²) in [5, 5.41) is 9.67. The molecule has 0 unspecified atom stereocenters. The number of hydrogen-bond acceptors (Lipinski definition) is 5. The normalized spacial score (nSPS) is 48.6. The zero-order valence-electron chi connectivity index (χ0n) is 34.2. The van der Waals surface area contributed by atoms with E-state index in [0.29, 0.717) is 47.3 Å². The lowest BCUT2D eigenvalue weighted by Crippen LogP contribution is -2.68. The first-order chi connectivity index (χ1) is 24.3. The molecule has 0 spiro atoms. The minimum atomic E-state index is -0.806. The van der Waals surface area contributed by atoms with Crippen LogP contribution in [0, 0.1) is 79.3 Å². The minimum absolute atomic E-state index is 0.136. The van der Waals surface area contributed by atoms with Crippen LogP contribution in [-0.2, 0) is 23.9 Å². The van der Waals surface area contributed by atoms with E-state index in [1.165, 1.54) is 44.9 Å². The summed E-state index contributed by atoms with van der Waals surface area (Å²) in [6.07, 6.45) is 16.5. The second-order valence-electron chi connectivity index (χ2n) is 22.2. The number of fused-ring (bicyclic) bond motifs is 7. The van der Waals surface area contributed by atoms with E-state index in [0.717, 1.165) is 58.0 Å². The molecular weight excluding hydrogens is 650 g/mol. The Morgan fingerprint density at radius 2 is 1.35 bits per heavy atom. The summed E-state index contributed by atoms with van der Waals surface area (Å²) in [4.78, 5) is 42.7. The number of methoxy groups -OCH3 is 1. The van der Waals surface area contributed by atoms with Crippen LogP contribution in [0.4, 0.5) is 0 Å². The third-order valence-corrected chi connectivity index (χ3v) is 19.9. The van der Waals surface area contributed by atoms with Gasteiger partial charge in [-0.3, -0.25) is 14.4 Å². The van der Waals surface area contributed by atoms with E-state index in [1.54, 1.807) is 0 Å². The largest absolute Gasteiger partial charge is 0.481 e. The Morgan fingerprint density at radius 3 is 1.96 bits per heavy atom. The second kappa shape index (κ2) is 11.9. The number of rotatable bonds is 6. The van der Waals surface area contributed by atoms with Gasteiger partial charge in [-0.25, -0.2) is 0 Å². The van der Waals surface area contributed by atoms with Gasteiger partial charge in [-0.2, -0.15) is 0 Å². The number of likely N-dealkylation sites (tertiary alicyclic amines) is 1. The molecule has 1 saturated heterocycles. The molecule has 7 heteroatoms. The molecular formula is C45H71NO6. The van der Waals surface area contributed by atoms with Gasteiger partial charge in [0.05, 0.1) is 23.4 Å². The summed E-state index contributed by atoms with van der Waals surface area (Å²) < 4.78 is 12.2. The van der Waals surface area contributed by atoms with Gasteiger partial charge in [0.1, 0.15) is 6.10 Å². The van der Waals surface area contributed by atoms with E-state index in [-0.39, 0.29) is 51.2 Å². The molecule has 8 rings (SSSR count). The molecule has 0 aromatic rings. The highest BCUT2D eigenvalue weighted by Gasteiger charge is 2.74. The number of hydrogen-bond donors (Lipinski definition) is 1. The second-order valence-corrected chi connectivity index (χ2v) is 22.2. The highest BCUT2D eigenvalue weighted by molar-refractivity contribution is 5.84. The van der Waals surface area contributed by atoms with Crippen molar-refractivity contribution in [3.8, 4) is 0 Å². The molecule has 8 aliphatic rings. The monoisotopic (exact) mass is 722 g/mol. The van der Waals surface area contributed by atoms with Gasteiger partial charge in [0.2, 0.25) is 5.91 Å². The fourth-order valence-electron chi connectivity index (χ4n) is 16.1. The van der Waals surface area contributed by atoms with Crippen LogP contribution < -0.4 is 0 Å². The van der Waals surface area contributed by atoms with Gasteiger partial charge >= 0.3 is 11.9 Å². The smallest absolute Gasteiger partial charge is 0.309 e. The maximum absolute atomic E-state index is 15.0. The Kier molecular flexibility index (Phi) is 8.56. The molecule has 7 aliphatic carbocycles. The molecule has 0 bridgehead atoms. The number of piperidine rings is 1. The Morgan fingerprint density at radius 1 is 0.654 bits per heavy atom. The summed E-state index contributed by atoms with van der Waals surface area (Å²) in [7, 11) is 1.82. The molecule has 0 radical (unpaired) electrons. The summed E-state index contributed by atoms with van der Waals surface area (Å²) in [6.45, 7) is 20.8. The number of amides is 1.